The molecule has 0 aliphatic heterocycles. The van der Waals surface area contributed by atoms with Crippen LogP contribution in [0.25, 0.3) is 22.3 Å². The second-order valence-electron chi connectivity index (χ2n) is 6.72. The van der Waals surface area contributed by atoms with E-state index in [4.69, 9.17) is 21.7 Å². The molecule has 0 atom stereocenters. The van der Waals surface area contributed by atoms with Crippen molar-refractivity contribution in [2.24, 2.45) is 0 Å². The number of halogens is 1. The van der Waals surface area contributed by atoms with E-state index in [1.54, 1.807) is 17.8 Å². The van der Waals surface area contributed by atoms with Crippen LogP contribution in [0.2, 0.25) is 5.02 Å². The lowest BCUT2D eigenvalue weighted by atomic mass is 10.1. The van der Waals surface area contributed by atoms with Gasteiger partial charge in [-0.25, -0.2) is 4.98 Å². The summed E-state index contributed by atoms with van der Waals surface area (Å²) >= 11 is 7.65. The maximum Gasteiger partial charge on any atom is 0.251 e. The third-order valence-corrected chi connectivity index (χ3v) is 5.90. The second kappa shape index (κ2) is 8.90. The summed E-state index contributed by atoms with van der Waals surface area (Å²) in [5.41, 5.74) is 3.10. The number of carbonyl (C=O) groups excluding carboxylic acids is 1. The Bertz CT molecular complexity index is 1200. The number of hydrogen-bond acceptors (Lipinski definition) is 4. The summed E-state index contributed by atoms with van der Waals surface area (Å²) in [7, 11) is 0. The van der Waals surface area contributed by atoms with E-state index in [-0.39, 0.29) is 5.91 Å². The molecule has 30 heavy (non-hydrogen) atoms. The molecule has 2 aromatic heterocycles. The number of rotatable bonds is 6. The fourth-order valence-electron chi connectivity index (χ4n) is 3.11. The van der Waals surface area contributed by atoms with Gasteiger partial charge in [0, 0.05) is 40.2 Å². The van der Waals surface area contributed by atoms with Gasteiger partial charge in [0.05, 0.1) is 16.1 Å². The van der Waals surface area contributed by atoms with Gasteiger partial charge in [0.2, 0.25) is 0 Å². The highest BCUT2D eigenvalue weighted by Gasteiger charge is 2.15. The lowest BCUT2D eigenvalue weighted by Gasteiger charge is -2.06. The van der Waals surface area contributed by atoms with Crippen LogP contribution in [0.5, 0.6) is 0 Å². The Hall–Kier alpha value is -2.83. The van der Waals surface area contributed by atoms with Crippen molar-refractivity contribution >= 4 is 40.2 Å². The van der Waals surface area contributed by atoms with Gasteiger partial charge in [-0.3, -0.25) is 9.48 Å². The molecule has 152 valence electrons. The second-order valence-corrected chi connectivity index (χ2v) is 8.27. The minimum Gasteiger partial charge on any atom is -0.352 e. The molecule has 5 nitrogen and oxygen atoms in total. The molecule has 1 amide bonds. The Balaban J connectivity index is 1.70. The molecular formula is C23H21ClN4OS. The molecule has 0 saturated heterocycles. The van der Waals surface area contributed by atoms with Crippen LogP contribution in [-0.4, -0.2) is 27.2 Å². The van der Waals surface area contributed by atoms with E-state index in [9.17, 15) is 4.79 Å². The normalized spacial score (nSPS) is 11.0. The summed E-state index contributed by atoms with van der Waals surface area (Å²) in [5.74, 6) is -0.0770. The number of fused-ring (bicyclic) bond motifs is 1. The molecule has 0 radical (unpaired) electrons. The van der Waals surface area contributed by atoms with Gasteiger partial charge in [0.15, 0.2) is 0 Å². The number of benzene rings is 2. The Kier molecular flexibility index (Phi) is 6.06. The van der Waals surface area contributed by atoms with Crippen molar-refractivity contribution in [1.29, 1.82) is 0 Å². The van der Waals surface area contributed by atoms with E-state index in [0.717, 1.165) is 38.6 Å². The summed E-state index contributed by atoms with van der Waals surface area (Å²) in [4.78, 5) is 19.0. The van der Waals surface area contributed by atoms with Crippen LogP contribution in [0.15, 0.2) is 70.6 Å². The molecule has 0 aliphatic rings. The lowest BCUT2D eigenvalue weighted by molar-refractivity contribution is 0.0956. The average molecular weight is 437 g/mol. The molecule has 0 fully saturated rings. The van der Waals surface area contributed by atoms with Crippen molar-refractivity contribution in [3.8, 4) is 11.4 Å². The molecule has 0 bridgehead atoms. The smallest absolute Gasteiger partial charge is 0.251 e. The molecular weight excluding hydrogens is 416 g/mol. The maximum atomic E-state index is 12.1. The molecule has 7 heteroatoms. The third-order valence-electron chi connectivity index (χ3n) is 4.62. The highest BCUT2D eigenvalue weighted by molar-refractivity contribution is 7.99. The van der Waals surface area contributed by atoms with E-state index >= 15 is 0 Å². The number of hydrogen-bond donors (Lipinski definition) is 1. The summed E-state index contributed by atoms with van der Waals surface area (Å²) in [5, 5.41) is 9.19. The van der Waals surface area contributed by atoms with Crippen LogP contribution in [-0.2, 0) is 6.54 Å². The zero-order valence-corrected chi connectivity index (χ0v) is 18.3. The van der Waals surface area contributed by atoms with E-state index in [1.807, 2.05) is 66.3 Å². The maximum absolute atomic E-state index is 12.1. The Morgan fingerprint density at radius 2 is 1.90 bits per heavy atom. The molecule has 2 aromatic carbocycles. The highest BCUT2D eigenvalue weighted by atomic mass is 35.5. The molecule has 4 aromatic rings. The van der Waals surface area contributed by atoms with Crippen LogP contribution in [0, 0.1) is 0 Å². The third kappa shape index (κ3) is 4.35. The number of pyridine rings is 1. The first-order valence-corrected chi connectivity index (χ1v) is 11.0. The van der Waals surface area contributed by atoms with E-state index < -0.39 is 0 Å². The van der Waals surface area contributed by atoms with Crippen molar-refractivity contribution in [3.05, 3.63) is 71.4 Å². The summed E-state index contributed by atoms with van der Waals surface area (Å²) in [6, 6.07) is 17.3. The summed E-state index contributed by atoms with van der Waals surface area (Å²) in [6.45, 7) is 5.34. The topological polar surface area (TPSA) is 59.8 Å². The predicted molar refractivity (Wildman–Crippen MR) is 122 cm³/mol. The van der Waals surface area contributed by atoms with Gasteiger partial charge in [-0.15, -0.1) is 0 Å². The number of nitrogens with one attached hydrogen (secondary N) is 1. The van der Waals surface area contributed by atoms with Crippen LogP contribution < -0.4 is 5.32 Å². The zero-order chi connectivity index (χ0) is 21.1. The van der Waals surface area contributed by atoms with Crippen molar-refractivity contribution < 1.29 is 4.79 Å². The first-order chi connectivity index (χ1) is 14.6. The summed E-state index contributed by atoms with van der Waals surface area (Å²) in [6.07, 6.45) is 2.04. The molecule has 0 saturated carbocycles. The average Bonchev–Trinajstić information content (AvgIpc) is 3.17. The number of aryl methyl sites for hydroxylation is 1. The van der Waals surface area contributed by atoms with E-state index in [2.05, 4.69) is 12.2 Å². The Labute approximate surface area is 184 Å². The van der Waals surface area contributed by atoms with Crippen LogP contribution in [0.3, 0.4) is 0 Å². The molecule has 0 unspecified atom stereocenters. The van der Waals surface area contributed by atoms with E-state index in [1.165, 1.54) is 0 Å². The monoisotopic (exact) mass is 436 g/mol. The minimum absolute atomic E-state index is 0.0770. The van der Waals surface area contributed by atoms with Gasteiger partial charge in [-0.05, 0) is 62.4 Å². The number of nitrogens with zero attached hydrogens (tertiary/aromatic N) is 3. The van der Waals surface area contributed by atoms with Gasteiger partial charge in [0.1, 0.15) is 5.69 Å². The molecule has 2 heterocycles. The standard InChI is InChI=1S/C23H21ClN4OS/c1-3-25-23(29)16-6-11-19-15(13-16)5-12-20(26-19)22-21(14-28(4-2)27-22)30-18-9-7-17(24)8-10-18/h5-14H,3-4H2,1-2H3,(H,25,29). The van der Waals surface area contributed by atoms with Crippen LogP contribution in [0.4, 0.5) is 0 Å². The first-order valence-electron chi connectivity index (χ1n) is 9.77. The van der Waals surface area contributed by atoms with Crippen molar-refractivity contribution in [2.75, 3.05) is 6.54 Å². The molecule has 0 spiro atoms. The number of carbonyl (C=O) groups is 1. The van der Waals surface area contributed by atoms with Crippen molar-refractivity contribution in [1.82, 2.24) is 20.1 Å². The zero-order valence-electron chi connectivity index (χ0n) is 16.7. The number of aromatic nitrogens is 3. The number of amides is 1. The molecule has 1 N–H and O–H groups in total. The van der Waals surface area contributed by atoms with Crippen molar-refractivity contribution in [3.63, 3.8) is 0 Å². The van der Waals surface area contributed by atoms with Crippen LogP contribution >= 0.6 is 23.4 Å². The largest absolute Gasteiger partial charge is 0.352 e. The first kappa shape index (κ1) is 20.4. The Morgan fingerprint density at radius 1 is 1.10 bits per heavy atom. The molecule has 0 aliphatic carbocycles. The predicted octanol–water partition coefficient (Wildman–Crippen LogP) is 5.67. The fourth-order valence-corrected chi connectivity index (χ4v) is 4.18. The van der Waals surface area contributed by atoms with Gasteiger partial charge in [-0.1, -0.05) is 29.4 Å². The highest BCUT2D eigenvalue weighted by Crippen LogP contribution is 2.35. The molecule has 4 rings (SSSR count). The lowest BCUT2D eigenvalue weighted by Crippen LogP contribution is -2.22. The minimum atomic E-state index is -0.0770. The van der Waals surface area contributed by atoms with Gasteiger partial charge in [-0.2, -0.15) is 5.10 Å². The van der Waals surface area contributed by atoms with Gasteiger partial charge in [0.25, 0.3) is 5.91 Å². The summed E-state index contributed by atoms with van der Waals surface area (Å²) < 4.78 is 1.91. The van der Waals surface area contributed by atoms with Crippen LogP contribution in [0.1, 0.15) is 24.2 Å². The van der Waals surface area contributed by atoms with Gasteiger partial charge < -0.3 is 5.32 Å². The van der Waals surface area contributed by atoms with E-state index in [0.29, 0.717) is 17.1 Å². The van der Waals surface area contributed by atoms with Crippen molar-refractivity contribution in [2.45, 2.75) is 30.2 Å². The SMILES string of the molecule is CCNC(=O)c1ccc2nc(-c3nn(CC)cc3Sc3ccc(Cl)cc3)ccc2c1. The Morgan fingerprint density at radius 3 is 2.63 bits per heavy atom. The quantitative estimate of drug-likeness (QED) is 0.423. The fraction of sp³-hybridized carbons (Fsp3) is 0.174. The van der Waals surface area contributed by atoms with Gasteiger partial charge >= 0.3 is 0 Å².